The minimum atomic E-state index is -0.714. The summed E-state index contributed by atoms with van der Waals surface area (Å²) >= 11 is 3.08. The summed E-state index contributed by atoms with van der Waals surface area (Å²) in [5.41, 5.74) is 0. The Morgan fingerprint density at radius 3 is 2.27 bits per heavy atom. The van der Waals surface area contributed by atoms with Crippen molar-refractivity contribution in [3.63, 3.8) is 0 Å². The zero-order valence-corrected chi connectivity index (χ0v) is 9.44. The lowest BCUT2D eigenvalue weighted by molar-refractivity contribution is 0.361. The summed E-state index contributed by atoms with van der Waals surface area (Å²) in [6.45, 7) is 0. The summed E-state index contributed by atoms with van der Waals surface area (Å²) in [4.78, 5) is 0. The molecule has 2 aromatic rings. The first-order valence-corrected chi connectivity index (χ1v) is 5.05. The third kappa shape index (κ3) is 1.49. The maximum atomic E-state index is 13.7. The van der Waals surface area contributed by atoms with Crippen molar-refractivity contribution in [2.45, 2.75) is 0 Å². The number of rotatable bonds is 1. The maximum Gasteiger partial charge on any atom is 0.192 e. The molecule has 0 N–H and O–H groups in total. The first-order chi connectivity index (χ1) is 7.16. The highest BCUT2D eigenvalue weighted by Gasteiger charge is 2.18. The predicted molar refractivity (Wildman–Crippen MR) is 58.1 cm³/mol. The van der Waals surface area contributed by atoms with Gasteiger partial charge in [0.2, 0.25) is 0 Å². The van der Waals surface area contributed by atoms with Crippen LogP contribution in [0, 0.1) is 11.6 Å². The van der Waals surface area contributed by atoms with Gasteiger partial charge in [0.25, 0.3) is 0 Å². The first kappa shape index (κ1) is 10.4. The Bertz CT molecular complexity index is 525. The van der Waals surface area contributed by atoms with E-state index >= 15 is 0 Å². The predicted octanol–water partition coefficient (Wildman–Crippen LogP) is 3.89. The third-order valence-electron chi connectivity index (χ3n) is 2.20. The Balaban J connectivity index is 2.96. The van der Waals surface area contributed by atoms with Gasteiger partial charge >= 0.3 is 0 Å². The molecule has 0 atom stereocenters. The van der Waals surface area contributed by atoms with Crippen LogP contribution in [0.2, 0.25) is 0 Å². The second-order valence-electron chi connectivity index (χ2n) is 3.02. The molecular weight excluding hydrogens is 266 g/mol. The van der Waals surface area contributed by atoms with E-state index in [0.29, 0.717) is 10.8 Å². The van der Waals surface area contributed by atoms with Crippen molar-refractivity contribution in [3.8, 4) is 5.75 Å². The SMILES string of the molecule is COc1c(F)c(Br)c2ccccc2c1F. The van der Waals surface area contributed by atoms with Gasteiger partial charge in [-0.05, 0) is 15.9 Å². The number of hydrogen-bond donors (Lipinski definition) is 0. The quantitative estimate of drug-likeness (QED) is 0.716. The zero-order valence-electron chi connectivity index (χ0n) is 7.85. The Labute approximate surface area is 93.8 Å². The van der Waals surface area contributed by atoms with E-state index in [1.807, 2.05) is 0 Å². The summed E-state index contributed by atoms with van der Waals surface area (Å²) in [5, 5.41) is 0.830. The summed E-state index contributed by atoms with van der Waals surface area (Å²) in [7, 11) is 1.24. The van der Waals surface area contributed by atoms with Crippen LogP contribution in [0.5, 0.6) is 5.75 Å². The van der Waals surface area contributed by atoms with Gasteiger partial charge in [-0.15, -0.1) is 0 Å². The van der Waals surface area contributed by atoms with Gasteiger partial charge in [0.1, 0.15) is 0 Å². The van der Waals surface area contributed by atoms with E-state index in [4.69, 9.17) is 0 Å². The van der Waals surface area contributed by atoms with Gasteiger partial charge in [-0.25, -0.2) is 8.78 Å². The lowest BCUT2D eigenvalue weighted by Gasteiger charge is -2.09. The van der Waals surface area contributed by atoms with Crippen LogP contribution in [0.15, 0.2) is 28.7 Å². The second kappa shape index (κ2) is 3.77. The molecule has 0 radical (unpaired) electrons. The highest BCUT2D eigenvalue weighted by Crippen LogP contribution is 2.36. The van der Waals surface area contributed by atoms with Gasteiger partial charge in [-0.2, -0.15) is 0 Å². The molecule has 0 aliphatic rings. The van der Waals surface area contributed by atoms with Crippen molar-refractivity contribution in [2.24, 2.45) is 0 Å². The van der Waals surface area contributed by atoms with E-state index in [1.165, 1.54) is 7.11 Å². The van der Waals surface area contributed by atoms with Gasteiger partial charge in [0.05, 0.1) is 11.6 Å². The van der Waals surface area contributed by atoms with Gasteiger partial charge in [0.15, 0.2) is 17.4 Å². The molecule has 1 nitrogen and oxygen atoms in total. The molecule has 0 spiro atoms. The number of benzene rings is 2. The van der Waals surface area contributed by atoms with Crippen LogP contribution < -0.4 is 4.74 Å². The maximum absolute atomic E-state index is 13.7. The monoisotopic (exact) mass is 272 g/mol. The van der Waals surface area contributed by atoms with E-state index in [9.17, 15) is 8.78 Å². The molecule has 0 saturated heterocycles. The largest absolute Gasteiger partial charge is 0.491 e. The average Bonchev–Trinajstić information content (AvgIpc) is 2.27. The number of hydrogen-bond acceptors (Lipinski definition) is 1. The Morgan fingerprint density at radius 1 is 1.07 bits per heavy atom. The Kier molecular flexibility index (Phi) is 2.61. The summed E-state index contributed by atoms with van der Waals surface area (Å²) in [6.07, 6.45) is 0. The van der Waals surface area contributed by atoms with E-state index in [-0.39, 0.29) is 10.2 Å². The van der Waals surface area contributed by atoms with Crippen LogP contribution in [0.25, 0.3) is 10.8 Å². The minimum absolute atomic E-state index is 0.219. The molecule has 0 unspecified atom stereocenters. The molecular formula is C11H7BrF2O. The summed E-state index contributed by atoms with van der Waals surface area (Å²) in [5.74, 6) is -1.75. The van der Waals surface area contributed by atoms with Crippen molar-refractivity contribution < 1.29 is 13.5 Å². The fourth-order valence-corrected chi connectivity index (χ4v) is 2.01. The van der Waals surface area contributed by atoms with E-state index < -0.39 is 11.6 Å². The first-order valence-electron chi connectivity index (χ1n) is 4.26. The molecule has 2 aromatic carbocycles. The molecule has 0 aliphatic heterocycles. The minimum Gasteiger partial charge on any atom is -0.491 e. The molecule has 0 heterocycles. The molecule has 0 aromatic heterocycles. The topological polar surface area (TPSA) is 9.23 Å². The van der Waals surface area contributed by atoms with Gasteiger partial charge in [-0.1, -0.05) is 24.3 Å². The normalized spacial score (nSPS) is 10.7. The molecule has 2 rings (SSSR count). The van der Waals surface area contributed by atoms with E-state index in [0.717, 1.165) is 0 Å². The summed E-state index contributed by atoms with van der Waals surface area (Å²) in [6, 6.07) is 6.63. The van der Waals surface area contributed by atoms with Gasteiger partial charge < -0.3 is 4.74 Å². The van der Waals surface area contributed by atoms with Gasteiger partial charge in [0, 0.05) is 10.8 Å². The third-order valence-corrected chi connectivity index (χ3v) is 2.97. The van der Waals surface area contributed by atoms with Crippen molar-refractivity contribution in [1.82, 2.24) is 0 Å². The fourth-order valence-electron chi connectivity index (χ4n) is 1.48. The van der Waals surface area contributed by atoms with Crippen LogP contribution in [0.3, 0.4) is 0 Å². The molecule has 0 amide bonds. The average molecular weight is 273 g/mol. The number of ether oxygens (including phenoxy) is 1. The van der Waals surface area contributed by atoms with Crippen LogP contribution in [-0.2, 0) is 0 Å². The van der Waals surface area contributed by atoms with Crippen LogP contribution in [0.4, 0.5) is 8.78 Å². The molecule has 0 bridgehead atoms. The number of fused-ring (bicyclic) bond motifs is 1. The van der Waals surface area contributed by atoms with Gasteiger partial charge in [-0.3, -0.25) is 0 Å². The molecule has 0 fully saturated rings. The van der Waals surface area contributed by atoms with Crippen LogP contribution in [0.1, 0.15) is 0 Å². The molecule has 0 aliphatic carbocycles. The Hall–Kier alpha value is -1.16. The fraction of sp³-hybridized carbons (Fsp3) is 0.0909. The summed E-state index contributed by atoms with van der Waals surface area (Å²) < 4.78 is 32.2. The van der Waals surface area contributed by atoms with E-state index in [2.05, 4.69) is 20.7 Å². The van der Waals surface area contributed by atoms with Crippen LogP contribution >= 0.6 is 15.9 Å². The standard InChI is InChI=1S/C11H7BrF2O/c1-15-11-9(13)7-5-3-2-4-6(7)8(12)10(11)14/h2-5H,1H3. The highest BCUT2D eigenvalue weighted by molar-refractivity contribution is 9.10. The van der Waals surface area contributed by atoms with Crippen molar-refractivity contribution in [1.29, 1.82) is 0 Å². The van der Waals surface area contributed by atoms with E-state index in [1.54, 1.807) is 24.3 Å². The Morgan fingerprint density at radius 2 is 1.67 bits per heavy atom. The zero-order chi connectivity index (χ0) is 11.0. The molecule has 4 heteroatoms. The number of methoxy groups -OCH3 is 1. The molecule has 78 valence electrons. The van der Waals surface area contributed by atoms with Crippen LogP contribution in [-0.4, -0.2) is 7.11 Å². The van der Waals surface area contributed by atoms with Crippen molar-refractivity contribution in [2.75, 3.05) is 7.11 Å². The lowest BCUT2D eigenvalue weighted by atomic mass is 10.1. The second-order valence-corrected chi connectivity index (χ2v) is 3.81. The smallest absolute Gasteiger partial charge is 0.192 e. The molecule has 15 heavy (non-hydrogen) atoms. The van der Waals surface area contributed by atoms with Crippen molar-refractivity contribution >= 4 is 26.7 Å². The highest BCUT2D eigenvalue weighted by atomic mass is 79.9. The van der Waals surface area contributed by atoms with Crippen molar-refractivity contribution in [3.05, 3.63) is 40.4 Å². The molecule has 0 saturated carbocycles. The lowest BCUT2D eigenvalue weighted by Crippen LogP contribution is -1.95. The number of halogens is 3.